The van der Waals surface area contributed by atoms with Crippen molar-refractivity contribution in [2.75, 3.05) is 41.0 Å². The maximum atomic E-state index is 12.8. The molecule has 0 aliphatic carbocycles. The van der Waals surface area contributed by atoms with Crippen molar-refractivity contribution in [2.45, 2.75) is 244 Å². The molecule has 0 aliphatic rings. The predicted molar refractivity (Wildman–Crippen MR) is 263 cm³/mol. The number of nitrogens with zero attached hydrogens (tertiary/aromatic N) is 1. The van der Waals surface area contributed by atoms with E-state index in [2.05, 4.69) is 62.5 Å². The maximum absolute atomic E-state index is 12.8. The van der Waals surface area contributed by atoms with Crippen molar-refractivity contribution in [3.05, 3.63) is 48.6 Å². The van der Waals surface area contributed by atoms with E-state index in [9.17, 15) is 19.5 Å². The van der Waals surface area contributed by atoms with Crippen LogP contribution in [0.25, 0.3) is 0 Å². The van der Waals surface area contributed by atoms with Crippen LogP contribution in [-0.4, -0.2) is 75.5 Å². The van der Waals surface area contributed by atoms with Crippen molar-refractivity contribution in [3.63, 3.8) is 0 Å². The smallest absolute Gasteiger partial charge is 0.306 e. The van der Waals surface area contributed by atoms with Gasteiger partial charge in [-0.05, 0) is 51.4 Å². The number of hydrogen-bond donors (Lipinski definition) is 0. The molecule has 0 aromatic carbocycles. The molecule has 8 nitrogen and oxygen atoms in total. The summed E-state index contributed by atoms with van der Waals surface area (Å²) in [5.74, 6) is -1.73. The SMILES string of the molecule is CC/C=C\C/C=C\C/C=C\C/C=C\CCCCCCCCCCCCC(=O)OC(COCCC(C(=O)[O-])[N+](C)(C)C)COC(=O)CCCCCCCCCCCCCCCCCC. The molecule has 0 heterocycles. The molecule has 0 spiro atoms. The molecule has 2 atom stereocenters. The number of carbonyl (C=O) groups excluding carboxylic acids is 3. The maximum Gasteiger partial charge on any atom is 0.306 e. The van der Waals surface area contributed by atoms with Crippen LogP contribution >= 0.6 is 0 Å². The predicted octanol–water partition coefficient (Wildman–Crippen LogP) is 13.8. The number of likely N-dealkylation sites (N-methyl/N-ethyl adjacent to an activating group) is 1. The van der Waals surface area contributed by atoms with Crippen LogP contribution in [0.1, 0.15) is 232 Å². The van der Waals surface area contributed by atoms with Crippen LogP contribution < -0.4 is 5.11 Å². The van der Waals surface area contributed by atoms with Gasteiger partial charge in [0.25, 0.3) is 0 Å². The third-order valence-corrected chi connectivity index (χ3v) is 11.7. The van der Waals surface area contributed by atoms with Gasteiger partial charge in [0.05, 0.1) is 40.3 Å². The minimum absolute atomic E-state index is 0.0411. The van der Waals surface area contributed by atoms with Crippen LogP contribution in [0.4, 0.5) is 0 Å². The average molecular weight is 886 g/mol. The van der Waals surface area contributed by atoms with Crippen LogP contribution in [0.3, 0.4) is 0 Å². The van der Waals surface area contributed by atoms with E-state index in [-0.39, 0.29) is 42.7 Å². The number of carbonyl (C=O) groups is 3. The fraction of sp³-hybridized carbons (Fsp3) is 0.800. The number of esters is 2. The van der Waals surface area contributed by atoms with E-state index in [1.807, 2.05) is 0 Å². The first kappa shape index (κ1) is 60.3. The van der Waals surface area contributed by atoms with E-state index >= 15 is 0 Å². The monoisotopic (exact) mass is 886 g/mol. The van der Waals surface area contributed by atoms with E-state index in [1.54, 1.807) is 21.1 Å². The lowest BCUT2D eigenvalue weighted by Gasteiger charge is -2.34. The fourth-order valence-corrected chi connectivity index (χ4v) is 7.71. The number of carboxylic acids is 1. The van der Waals surface area contributed by atoms with Gasteiger partial charge in [0.1, 0.15) is 12.6 Å². The highest BCUT2D eigenvalue weighted by Gasteiger charge is 2.25. The largest absolute Gasteiger partial charge is 0.544 e. The molecule has 0 fully saturated rings. The first-order valence-electron chi connectivity index (χ1n) is 26.2. The molecule has 366 valence electrons. The van der Waals surface area contributed by atoms with Crippen molar-refractivity contribution in [3.8, 4) is 0 Å². The Kier molecular flexibility index (Phi) is 43.9. The molecule has 8 heteroatoms. The molecular formula is C55H99NO7. The van der Waals surface area contributed by atoms with Gasteiger partial charge in [0.2, 0.25) is 0 Å². The van der Waals surface area contributed by atoms with Gasteiger partial charge in [-0.15, -0.1) is 0 Å². The van der Waals surface area contributed by atoms with E-state index in [0.717, 1.165) is 64.2 Å². The van der Waals surface area contributed by atoms with Crippen LogP contribution in [0, 0.1) is 0 Å². The third kappa shape index (κ3) is 44.3. The van der Waals surface area contributed by atoms with Crippen LogP contribution in [0.5, 0.6) is 0 Å². The Morgan fingerprint density at radius 1 is 0.492 bits per heavy atom. The van der Waals surface area contributed by atoms with E-state index in [0.29, 0.717) is 12.8 Å². The Morgan fingerprint density at radius 2 is 0.889 bits per heavy atom. The van der Waals surface area contributed by atoms with E-state index < -0.39 is 18.1 Å². The number of allylic oxidation sites excluding steroid dienone is 8. The Hall–Kier alpha value is -2.71. The summed E-state index contributed by atoms with van der Waals surface area (Å²) in [6.45, 7) is 4.58. The van der Waals surface area contributed by atoms with Gasteiger partial charge in [-0.2, -0.15) is 0 Å². The first-order valence-corrected chi connectivity index (χ1v) is 26.2. The molecular weight excluding hydrogens is 787 g/mol. The lowest BCUT2D eigenvalue weighted by atomic mass is 10.0. The Balaban J connectivity index is 4.21. The molecule has 2 unspecified atom stereocenters. The molecule has 0 N–H and O–H groups in total. The summed E-state index contributed by atoms with van der Waals surface area (Å²) in [7, 11) is 5.42. The highest BCUT2D eigenvalue weighted by Crippen LogP contribution is 2.16. The quantitative estimate of drug-likeness (QED) is 0.0259. The summed E-state index contributed by atoms with van der Waals surface area (Å²) in [5.41, 5.74) is 0. The molecule has 0 aromatic rings. The van der Waals surface area contributed by atoms with Gasteiger partial charge in [-0.3, -0.25) is 9.59 Å². The topological polar surface area (TPSA) is 102 Å². The molecule has 0 aromatic heterocycles. The second-order valence-electron chi connectivity index (χ2n) is 18.7. The van der Waals surface area contributed by atoms with Crippen LogP contribution in [-0.2, 0) is 28.6 Å². The first-order chi connectivity index (χ1) is 30.6. The summed E-state index contributed by atoms with van der Waals surface area (Å²) in [5, 5.41) is 11.7. The summed E-state index contributed by atoms with van der Waals surface area (Å²) in [4.78, 5) is 37.0. The van der Waals surface area contributed by atoms with E-state index in [1.165, 1.54) is 135 Å². The number of carboxylic acid groups (broad SMARTS) is 1. The minimum Gasteiger partial charge on any atom is -0.544 e. The zero-order chi connectivity index (χ0) is 46.3. The van der Waals surface area contributed by atoms with Gasteiger partial charge in [0, 0.05) is 19.3 Å². The normalized spacial score (nSPS) is 13.2. The average Bonchev–Trinajstić information content (AvgIpc) is 3.24. The lowest BCUT2D eigenvalue weighted by Crippen LogP contribution is -2.55. The molecule has 0 aliphatic heterocycles. The van der Waals surface area contributed by atoms with Gasteiger partial charge in [-0.1, -0.05) is 210 Å². The minimum atomic E-state index is -1.12. The van der Waals surface area contributed by atoms with Crippen molar-refractivity contribution in [2.24, 2.45) is 0 Å². The van der Waals surface area contributed by atoms with Gasteiger partial charge >= 0.3 is 11.9 Å². The standard InChI is InChI=1S/C55H99NO7/c1-6-8-10-12-14-16-18-20-22-24-25-26-27-28-29-30-32-34-36-38-40-42-44-46-54(58)63-51(49-61-48-47-52(55(59)60)56(3,4)5)50-62-53(57)45-43-41-39-37-35-33-31-23-21-19-17-15-13-11-9-7-2/h8,10,14,16,20,22,25-26,51-52H,6-7,9,11-13,15,17-19,21,23-24,27-50H2,1-5H3/b10-8-,16-14-,22-20-,26-25-. The van der Waals surface area contributed by atoms with Crippen LogP contribution in [0.2, 0.25) is 0 Å². The molecule has 0 rings (SSSR count). The second kappa shape index (κ2) is 45.8. The Bertz CT molecular complexity index is 1170. The van der Waals surface area contributed by atoms with Crippen LogP contribution in [0.15, 0.2) is 48.6 Å². The summed E-state index contributed by atoms with van der Waals surface area (Å²) >= 11 is 0. The van der Waals surface area contributed by atoms with Gasteiger partial charge < -0.3 is 28.6 Å². The van der Waals surface area contributed by atoms with E-state index in [4.69, 9.17) is 14.2 Å². The Morgan fingerprint density at radius 3 is 1.32 bits per heavy atom. The number of hydrogen-bond acceptors (Lipinski definition) is 7. The molecule has 0 saturated heterocycles. The number of rotatable bonds is 47. The van der Waals surface area contributed by atoms with Crippen molar-refractivity contribution in [1.82, 2.24) is 0 Å². The summed E-state index contributed by atoms with van der Waals surface area (Å²) in [6.07, 6.45) is 55.7. The number of aliphatic carboxylic acids is 1. The molecule has 0 bridgehead atoms. The highest BCUT2D eigenvalue weighted by atomic mass is 16.6. The number of quaternary nitrogens is 1. The molecule has 0 amide bonds. The zero-order valence-corrected chi connectivity index (χ0v) is 41.7. The summed E-state index contributed by atoms with van der Waals surface area (Å²) in [6, 6.07) is -0.726. The molecule has 0 radical (unpaired) electrons. The lowest BCUT2D eigenvalue weighted by molar-refractivity contribution is -0.889. The Labute approximate surface area is 388 Å². The van der Waals surface area contributed by atoms with Gasteiger partial charge in [-0.25, -0.2) is 0 Å². The fourth-order valence-electron chi connectivity index (χ4n) is 7.71. The van der Waals surface area contributed by atoms with Crippen molar-refractivity contribution >= 4 is 17.9 Å². The third-order valence-electron chi connectivity index (χ3n) is 11.7. The number of ether oxygens (including phenoxy) is 3. The highest BCUT2D eigenvalue weighted by molar-refractivity contribution is 5.70. The summed E-state index contributed by atoms with van der Waals surface area (Å²) < 4.78 is 17.3. The number of unbranched alkanes of at least 4 members (excludes halogenated alkanes) is 25. The second-order valence-corrected chi connectivity index (χ2v) is 18.7. The zero-order valence-electron chi connectivity index (χ0n) is 41.7. The molecule has 0 saturated carbocycles. The molecule has 63 heavy (non-hydrogen) atoms. The van der Waals surface area contributed by atoms with Gasteiger partial charge in [0.15, 0.2) is 6.10 Å². The van der Waals surface area contributed by atoms with Crippen molar-refractivity contribution in [1.29, 1.82) is 0 Å². The van der Waals surface area contributed by atoms with Crippen molar-refractivity contribution < 1.29 is 38.2 Å².